The Hall–Kier alpha value is -3.62. The number of rotatable bonds is 5. The molecule has 1 saturated carbocycles. The van der Waals surface area contributed by atoms with Crippen LogP contribution < -0.4 is 10.6 Å². The van der Waals surface area contributed by atoms with Crippen molar-refractivity contribution in [3.8, 4) is 0 Å². The van der Waals surface area contributed by atoms with Crippen LogP contribution >= 0.6 is 0 Å². The lowest BCUT2D eigenvalue weighted by molar-refractivity contribution is -0.138. The highest BCUT2D eigenvalue weighted by Gasteiger charge is 2.28. The molecule has 1 heterocycles. The molecule has 0 atom stereocenters. The molecule has 0 bridgehead atoms. The monoisotopic (exact) mass is 483 g/mol. The van der Waals surface area contributed by atoms with E-state index in [0.29, 0.717) is 49.3 Å². The molecule has 3 amide bonds. The van der Waals surface area contributed by atoms with Crippen molar-refractivity contribution in [2.45, 2.75) is 58.1 Å². The Kier molecular flexibility index (Phi) is 7.53. The van der Waals surface area contributed by atoms with Gasteiger partial charge in [-0.05, 0) is 85.9 Å². The number of hydrogen-bond donors (Lipinski definition) is 3. The number of carbonyl (C=O) groups is 3. The number of nitrogens with one attached hydrogen (secondary N) is 2. The van der Waals surface area contributed by atoms with Gasteiger partial charge in [-0.1, -0.05) is 12.1 Å². The van der Waals surface area contributed by atoms with Crippen LogP contribution in [0, 0.1) is 18.7 Å². The molecule has 9 heteroatoms. The number of nitrogens with zero attached hydrogens (tertiary/aromatic N) is 1. The summed E-state index contributed by atoms with van der Waals surface area (Å²) < 4.78 is 19.4. The first-order chi connectivity index (χ1) is 16.8. The number of ether oxygens (including phenoxy) is 1. The molecule has 3 N–H and O–H groups in total. The van der Waals surface area contributed by atoms with Crippen LogP contribution in [0.1, 0.15) is 48.8 Å². The summed E-state index contributed by atoms with van der Waals surface area (Å²) in [4.78, 5) is 37.5. The average Bonchev–Trinajstić information content (AvgIpc) is 2.82. The fourth-order valence-electron chi connectivity index (χ4n) is 4.67. The number of carbonyl (C=O) groups excluding carboxylic acids is 2. The normalized spacial score (nSPS) is 19.4. The summed E-state index contributed by atoms with van der Waals surface area (Å²) in [6.07, 6.45) is 3.21. The van der Waals surface area contributed by atoms with Gasteiger partial charge in [-0.25, -0.2) is 14.0 Å². The Balaban J connectivity index is 1.27. The minimum atomic E-state index is -0.780. The Morgan fingerprint density at radius 1 is 1.03 bits per heavy atom. The molecule has 0 saturated heterocycles. The van der Waals surface area contributed by atoms with Gasteiger partial charge in [0.25, 0.3) is 0 Å². The molecule has 0 spiro atoms. The van der Waals surface area contributed by atoms with Gasteiger partial charge < -0.3 is 25.4 Å². The van der Waals surface area contributed by atoms with E-state index < -0.39 is 12.0 Å². The van der Waals surface area contributed by atoms with Gasteiger partial charge in [-0.3, -0.25) is 4.79 Å². The molecule has 2 aliphatic rings. The molecular weight excluding hydrogens is 453 g/mol. The molecule has 2 aromatic rings. The number of urea groups is 1. The van der Waals surface area contributed by atoms with E-state index in [-0.39, 0.29) is 30.4 Å². The fourth-order valence-corrected chi connectivity index (χ4v) is 4.67. The van der Waals surface area contributed by atoms with Crippen LogP contribution in [0.25, 0.3) is 0 Å². The maximum atomic E-state index is 13.7. The Morgan fingerprint density at radius 2 is 1.71 bits per heavy atom. The quantitative estimate of drug-likeness (QED) is 0.534. The van der Waals surface area contributed by atoms with Crippen molar-refractivity contribution in [2.24, 2.45) is 5.92 Å². The topological polar surface area (TPSA) is 108 Å². The van der Waals surface area contributed by atoms with Crippen LogP contribution in [0.5, 0.6) is 0 Å². The van der Waals surface area contributed by atoms with E-state index in [9.17, 15) is 18.8 Å². The van der Waals surface area contributed by atoms with Crippen LogP contribution in [0.15, 0.2) is 36.4 Å². The summed E-state index contributed by atoms with van der Waals surface area (Å²) in [5.41, 5.74) is 3.52. The number of amides is 3. The molecule has 0 radical (unpaired) electrons. The van der Waals surface area contributed by atoms with Gasteiger partial charge in [0.1, 0.15) is 11.9 Å². The second-order valence-electron chi connectivity index (χ2n) is 9.32. The van der Waals surface area contributed by atoms with Crippen LogP contribution in [0.3, 0.4) is 0 Å². The van der Waals surface area contributed by atoms with Gasteiger partial charge in [0, 0.05) is 30.9 Å². The third kappa shape index (κ3) is 6.49. The number of fused-ring (bicyclic) bond motifs is 1. The predicted octanol–water partition coefficient (Wildman–Crippen LogP) is 5.31. The molecule has 4 rings (SSSR count). The maximum Gasteiger partial charge on any atom is 0.410 e. The molecular formula is C26H30FN3O5. The number of carboxylic acids is 1. The number of carboxylic acid groups (broad SMARTS) is 1. The van der Waals surface area contributed by atoms with E-state index in [2.05, 4.69) is 10.6 Å². The molecule has 1 fully saturated rings. The summed E-state index contributed by atoms with van der Waals surface area (Å²) in [7, 11) is 0. The van der Waals surface area contributed by atoms with Gasteiger partial charge in [0.15, 0.2) is 0 Å². The molecule has 0 aromatic heterocycles. The second kappa shape index (κ2) is 10.8. The SMILES string of the molecule is Cc1ccc(NC(=O)Nc2ccc3c(c2)CCN(C(=O)OC2CCC(CC(=O)O)CC2)C3)cc1F. The third-order valence-electron chi connectivity index (χ3n) is 6.69. The Labute approximate surface area is 203 Å². The molecule has 1 aliphatic carbocycles. The number of aliphatic carboxylic acids is 1. The van der Waals surface area contributed by atoms with Crippen molar-refractivity contribution in [3.63, 3.8) is 0 Å². The van der Waals surface area contributed by atoms with Gasteiger partial charge in [0.05, 0.1) is 0 Å². The number of hydrogen-bond acceptors (Lipinski definition) is 4. The van der Waals surface area contributed by atoms with Crippen molar-refractivity contribution < 1.29 is 28.6 Å². The zero-order valence-corrected chi connectivity index (χ0v) is 19.7. The third-order valence-corrected chi connectivity index (χ3v) is 6.69. The van der Waals surface area contributed by atoms with E-state index in [1.807, 2.05) is 12.1 Å². The van der Waals surface area contributed by atoms with E-state index in [0.717, 1.165) is 24.0 Å². The number of halogens is 1. The largest absolute Gasteiger partial charge is 0.481 e. The highest BCUT2D eigenvalue weighted by molar-refractivity contribution is 5.99. The van der Waals surface area contributed by atoms with Gasteiger partial charge in [-0.2, -0.15) is 0 Å². The molecule has 186 valence electrons. The van der Waals surface area contributed by atoms with Crippen LogP contribution in [-0.2, 0) is 22.5 Å². The van der Waals surface area contributed by atoms with E-state index in [1.165, 1.54) is 6.07 Å². The lowest BCUT2D eigenvalue weighted by Crippen LogP contribution is -2.39. The number of aryl methyl sites for hydroxylation is 1. The summed E-state index contributed by atoms with van der Waals surface area (Å²) in [5.74, 6) is -1.00. The Bertz CT molecular complexity index is 1110. The van der Waals surface area contributed by atoms with Crippen molar-refractivity contribution >= 4 is 29.5 Å². The summed E-state index contributed by atoms with van der Waals surface area (Å²) >= 11 is 0. The van der Waals surface area contributed by atoms with Crippen molar-refractivity contribution in [3.05, 3.63) is 58.9 Å². The second-order valence-corrected chi connectivity index (χ2v) is 9.32. The predicted molar refractivity (Wildman–Crippen MR) is 129 cm³/mol. The highest BCUT2D eigenvalue weighted by Crippen LogP contribution is 2.30. The van der Waals surface area contributed by atoms with Crippen LogP contribution in [0.4, 0.5) is 25.4 Å². The van der Waals surface area contributed by atoms with Gasteiger partial charge in [-0.15, -0.1) is 0 Å². The van der Waals surface area contributed by atoms with E-state index >= 15 is 0 Å². The maximum absolute atomic E-state index is 13.7. The summed E-state index contributed by atoms with van der Waals surface area (Å²) in [5, 5.41) is 14.3. The van der Waals surface area contributed by atoms with E-state index in [4.69, 9.17) is 9.84 Å². The molecule has 2 aromatic carbocycles. The molecule has 35 heavy (non-hydrogen) atoms. The molecule has 1 aliphatic heterocycles. The summed E-state index contributed by atoms with van der Waals surface area (Å²) in [6, 6.07) is 9.59. The minimum absolute atomic E-state index is 0.159. The smallest absolute Gasteiger partial charge is 0.410 e. The zero-order chi connectivity index (χ0) is 24.9. The zero-order valence-electron chi connectivity index (χ0n) is 19.7. The van der Waals surface area contributed by atoms with Crippen molar-refractivity contribution in [2.75, 3.05) is 17.2 Å². The van der Waals surface area contributed by atoms with Crippen molar-refractivity contribution in [1.82, 2.24) is 4.90 Å². The standard InChI is InChI=1S/C26H30FN3O5/c1-16-2-6-21(14-23(16)27)29-25(33)28-20-7-5-19-15-30(11-10-18(19)13-20)26(34)35-22-8-3-17(4-9-22)12-24(31)32/h2,5-7,13-14,17,22H,3-4,8-12,15H2,1H3,(H,31,32)(H2,28,29,33). The molecule has 0 unspecified atom stereocenters. The lowest BCUT2D eigenvalue weighted by atomic mass is 9.85. The first-order valence-electron chi connectivity index (χ1n) is 11.9. The first kappa shape index (κ1) is 24.5. The van der Waals surface area contributed by atoms with E-state index in [1.54, 1.807) is 30.0 Å². The molecule has 8 nitrogen and oxygen atoms in total. The van der Waals surface area contributed by atoms with Crippen LogP contribution in [0.2, 0.25) is 0 Å². The van der Waals surface area contributed by atoms with Crippen LogP contribution in [-0.4, -0.2) is 40.7 Å². The lowest BCUT2D eigenvalue weighted by Gasteiger charge is -2.32. The first-order valence-corrected chi connectivity index (χ1v) is 11.9. The Morgan fingerprint density at radius 3 is 2.40 bits per heavy atom. The summed E-state index contributed by atoms with van der Waals surface area (Å²) in [6.45, 7) is 2.60. The number of benzene rings is 2. The number of anilines is 2. The highest BCUT2D eigenvalue weighted by atomic mass is 19.1. The fraction of sp³-hybridized carbons (Fsp3) is 0.423. The average molecular weight is 484 g/mol. The van der Waals surface area contributed by atoms with Crippen molar-refractivity contribution in [1.29, 1.82) is 0 Å². The van der Waals surface area contributed by atoms with Gasteiger partial charge in [0.2, 0.25) is 0 Å². The minimum Gasteiger partial charge on any atom is -0.481 e. The van der Waals surface area contributed by atoms with Gasteiger partial charge >= 0.3 is 18.1 Å².